The lowest BCUT2D eigenvalue weighted by molar-refractivity contribution is 0.262. The highest BCUT2D eigenvalue weighted by molar-refractivity contribution is 7.99. The van der Waals surface area contributed by atoms with E-state index in [0.29, 0.717) is 32.8 Å². The molecular formula is C30H29FN6O3S. The lowest BCUT2D eigenvalue weighted by Crippen LogP contribution is -2.22. The first-order chi connectivity index (χ1) is 19.7. The minimum atomic E-state index is -0.604. The highest BCUT2D eigenvalue weighted by Gasteiger charge is 2.22. The molecule has 0 aliphatic heterocycles. The van der Waals surface area contributed by atoms with Gasteiger partial charge in [0.05, 0.1) is 36.8 Å². The molecule has 0 aliphatic carbocycles. The van der Waals surface area contributed by atoms with E-state index in [1.54, 1.807) is 43.2 Å². The Balaban J connectivity index is 1.39. The third-order valence-electron chi connectivity index (χ3n) is 6.22. The summed E-state index contributed by atoms with van der Waals surface area (Å²) in [7, 11) is 3.11. The molecule has 210 valence electrons. The second-order valence-electron chi connectivity index (χ2n) is 10.1. The monoisotopic (exact) mass is 572 g/mol. The van der Waals surface area contributed by atoms with Crippen molar-refractivity contribution in [3.63, 3.8) is 0 Å². The zero-order valence-corrected chi connectivity index (χ0v) is 24.0. The summed E-state index contributed by atoms with van der Waals surface area (Å²) in [5.41, 5.74) is 2.03. The number of halogens is 1. The fraction of sp³-hybridized carbons (Fsp3) is 0.200. The second-order valence-corrected chi connectivity index (χ2v) is 11.2. The van der Waals surface area contributed by atoms with Gasteiger partial charge in [-0.25, -0.2) is 23.8 Å². The minimum absolute atomic E-state index is 0.0203. The molecule has 11 heteroatoms. The molecule has 2 aromatic heterocycles. The van der Waals surface area contributed by atoms with Crippen molar-refractivity contribution in [1.82, 2.24) is 19.7 Å². The Morgan fingerprint density at radius 2 is 1.66 bits per heavy atom. The number of carbonyl (C=O) groups is 1. The lowest BCUT2D eigenvalue weighted by Gasteiger charge is -2.14. The van der Waals surface area contributed by atoms with Crippen molar-refractivity contribution in [2.24, 2.45) is 0 Å². The smallest absolute Gasteiger partial charge is 0.324 e. The van der Waals surface area contributed by atoms with E-state index in [-0.39, 0.29) is 11.1 Å². The largest absolute Gasteiger partial charge is 0.493 e. The minimum Gasteiger partial charge on any atom is -0.493 e. The fourth-order valence-corrected chi connectivity index (χ4v) is 5.00. The quantitative estimate of drug-likeness (QED) is 0.201. The molecule has 3 aromatic carbocycles. The van der Waals surface area contributed by atoms with Gasteiger partial charge in [-0.05, 0) is 36.4 Å². The van der Waals surface area contributed by atoms with Gasteiger partial charge in [-0.2, -0.15) is 5.10 Å². The van der Waals surface area contributed by atoms with Gasteiger partial charge < -0.3 is 14.8 Å². The van der Waals surface area contributed by atoms with E-state index in [0.717, 1.165) is 16.8 Å². The molecule has 0 saturated heterocycles. The third-order valence-corrected chi connectivity index (χ3v) is 7.23. The normalized spacial score (nSPS) is 11.4. The standard InChI is InChI=1S/C30H29FN6O3S/c1-30(2,3)26-16-27(37(36-26)18-9-7-6-8-10-18)35-29(38)34-23-13-19(11-12-21(23)31)41-28-20-14-24(39-4)25(40-5)15-22(20)32-17-33-28/h6-17H,1-5H3,(H2,34,35,38). The molecule has 0 spiro atoms. The molecule has 0 aliphatic rings. The number of carbonyl (C=O) groups excluding carboxylic acids is 1. The number of urea groups is 1. The number of fused-ring (bicyclic) bond motifs is 1. The van der Waals surface area contributed by atoms with Crippen molar-refractivity contribution in [1.29, 1.82) is 0 Å². The highest BCUT2D eigenvalue weighted by Crippen LogP contribution is 2.38. The van der Waals surface area contributed by atoms with Gasteiger partial charge in [-0.1, -0.05) is 50.7 Å². The van der Waals surface area contributed by atoms with Gasteiger partial charge in [-0.15, -0.1) is 0 Å². The molecule has 0 atom stereocenters. The Morgan fingerprint density at radius 1 is 0.927 bits per heavy atom. The van der Waals surface area contributed by atoms with Crippen molar-refractivity contribution in [3.8, 4) is 17.2 Å². The fourth-order valence-electron chi connectivity index (χ4n) is 4.09. The first kappa shape index (κ1) is 27.9. The maximum Gasteiger partial charge on any atom is 0.324 e. The molecule has 41 heavy (non-hydrogen) atoms. The highest BCUT2D eigenvalue weighted by atomic mass is 32.2. The van der Waals surface area contributed by atoms with Crippen LogP contribution >= 0.6 is 11.8 Å². The van der Waals surface area contributed by atoms with Gasteiger partial charge in [0.2, 0.25) is 0 Å². The van der Waals surface area contributed by atoms with E-state index in [1.807, 2.05) is 57.2 Å². The second kappa shape index (κ2) is 11.5. The molecule has 0 fully saturated rings. The molecule has 0 saturated carbocycles. The number of methoxy groups -OCH3 is 2. The predicted octanol–water partition coefficient (Wildman–Crippen LogP) is 7.06. The Morgan fingerprint density at radius 3 is 2.37 bits per heavy atom. The van der Waals surface area contributed by atoms with E-state index in [4.69, 9.17) is 14.6 Å². The number of benzene rings is 3. The van der Waals surface area contributed by atoms with E-state index >= 15 is 0 Å². The van der Waals surface area contributed by atoms with Crippen LogP contribution in [0.1, 0.15) is 26.5 Å². The number of nitrogens with one attached hydrogen (secondary N) is 2. The molecule has 0 bridgehead atoms. The van der Waals surface area contributed by atoms with Crippen LogP contribution in [-0.2, 0) is 5.41 Å². The van der Waals surface area contributed by atoms with Crippen LogP contribution in [0.25, 0.3) is 16.6 Å². The summed E-state index contributed by atoms with van der Waals surface area (Å²) < 4.78 is 27.3. The predicted molar refractivity (Wildman–Crippen MR) is 158 cm³/mol. The average Bonchev–Trinajstić information content (AvgIpc) is 3.39. The summed E-state index contributed by atoms with van der Waals surface area (Å²) in [6.45, 7) is 6.13. The van der Waals surface area contributed by atoms with Crippen molar-refractivity contribution in [2.45, 2.75) is 36.1 Å². The maximum absolute atomic E-state index is 14.8. The number of anilines is 2. The number of ether oxygens (including phenoxy) is 2. The molecule has 2 heterocycles. The zero-order valence-electron chi connectivity index (χ0n) is 23.2. The van der Waals surface area contributed by atoms with Crippen molar-refractivity contribution in [2.75, 3.05) is 24.9 Å². The number of nitrogens with zero attached hydrogens (tertiary/aromatic N) is 4. The number of rotatable bonds is 7. The Kier molecular flexibility index (Phi) is 7.80. The molecule has 2 N–H and O–H groups in total. The summed E-state index contributed by atoms with van der Waals surface area (Å²) >= 11 is 1.31. The van der Waals surface area contributed by atoms with E-state index in [9.17, 15) is 9.18 Å². The zero-order chi connectivity index (χ0) is 29.1. The summed E-state index contributed by atoms with van der Waals surface area (Å²) in [5, 5.41) is 11.5. The first-order valence-electron chi connectivity index (χ1n) is 12.7. The molecule has 5 aromatic rings. The molecular weight excluding hydrogens is 543 g/mol. The Labute approximate surface area is 241 Å². The van der Waals surface area contributed by atoms with Gasteiger partial charge >= 0.3 is 6.03 Å². The van der Waals surface area contributed by atoms with Crippen LogP contribution in [0.2, 0.25) is 0 Å². The van der Waals surface area contributed by atoms with Crippen LogP contribution in [0.3, 0.4) is 0 Å². The van der Waals surface area contributed by atoms with Crippen LogP contribution in [0.4, 0.5) is 20.7 Å². The number of para-hydroxylation sites is 1. The number of hydrogen-bond donors (Lipinski definition) is 2. The van der Waals surface area contributed by atoms with Crippen molar-refractivity contribution in [3.05, 3.63) is 84.6 Å². The van der Waals surface area contributed by atoms with Crippen molar-refractivity contribution >= 4 is 40.2 Å². The van der Waals surface area contributed by atoms with Gasteiger partial charge in [0.25, 0.3) is 0 Å². The van der Waals surface area contributed by atoms with E-state index in [1.165, 1.54) is 24.2 Å². The van der Waals surface area contributed by atoms with Gasteiger partial charge in [0.1, 0.15) is 23.0 Å². The molecule has 2 amide bonds. The lowest BCUT2D eigenvalue weighted by atomic mass is 9.92. The average molecular weight is 573 g/mol. The van der Waals surface area contributed by atoms with Crippen LogP contribution in [0.5, 0.6) is 11.5 Å². The summed E-state index contributed by atoms with van der Waals surface area (Å²) in [4.78, 5) is 22.5. The topological polar surface area (TPSA) is 103 Å². The molecule has 5 rings (SSSR count). The first-order valence-corrected chi connectivity index (χ1v) is 13.6. The number of hydrogen-bond acceptors (Lipinski definition) is 7. The van der Waals surface area contributed by atoms with Crippen LogP contribution in [-0.4, -0.2) is 40.0 Å². The Hall–Kier alpha value is -4.64. The maximum atomic E-state index is 14.8. The summed E-state index contributed by atoms with van der Waals surface area (Å²) in [6, 6.07) is 18.7. The van der Waals surface area contributed by atoms with E-state index < -0.39 is 11.8 Å². The van der Waals surface area contributed by atoms with Crippen molar-refractivity contribution < 1.29 is 18.7 Å². The van der Waals surface area contributed by atoms with Gasteiger partial charge in [0.15, 0.2) is 11.5 Å². The molecule has 0 unspecified atom stereocenters. The van der Waals surface area contributed by atoms with Gasteiger partial charge in [0, 0.05) is 27.8 Å². The SMILES string of the molecule is COc1cc2ncnc(Sc3ccc(F)c(NC(=O)Nc4cc(C(C)(C)C)nn4-c4ccccc4)c3)c2cc1OC. The van der Waals surface area contributed by atoms with Gasteiger partial charge in [-0.3, -0.25) is 5.32 Å². The van der Waals surface area contributed by atoms with Crippen LogP contribution in [0, 0.1) is 5.82 Å². The van der Waals surface area contributed by atoms with E-state index in [2.05, 4.69) is 20.6 Å². The summed E-state index contributed by atoms with van der Waals surface area (Å²) in [5.74, 6) is 0.980. The molecule has 0 radical (unpaired) electrons. The van der Waals surface area contributed by atoms with Crippen LogP contribution in [0.15, 0.2) is 83.0 Å². The van der Waals surface area contributed by atoms with Crippen LogP contribution < -0.4 is 20.1 Å². The summed E-state index contributed by atoms with van der Waals surface area (Å²) in [6.07, 6.45) is 1.45. The third kappa shape index (κ3) is 6.09. The number of aromatic nitrogens is 4. The Bertz CT molecular complexity index is 1720. The number of amides is 2. The molecule has 9 nitrogen and oxygen atoms in total.